The summed E-state index contributed by atoms with van der Waals surface area (Å²) in [6, 6.07) is 8.75. The lowest BCUT2D eigenvalue weighted by Crippen LogP contribution is -2.34. The van der Waals surface area contributed by atoms with E-state index >= 15 is 0 Å². The number of anilines is 2. The summed E-state index contributed by atoms with van der Waals surface area (Å²) in [6.07, 6.45) is 3.53. The predicted octanol–water partition coefficient (Wildman–Crippen LogP) is 3.66. The minimum Gasteiger partial charge on any atom is -0.367 e. The SMILES string of the molecule is CCCNc1nc(NC2CC(C)C2)c2ccccc2n1. The van der Waals surface area contributed by atoms with Gasteiger partial charge in [-0.1, -0.05) is 26.0 Å². The number of fused-ring (bicyclic) bond motifs is 1. The van der Waals surface area contributed by atoms with Crippen LogP contribution in [0.4, 0.5) is 11.8 Å². The second-order valence-electron chi connectivity index (χ2n) is 5.76. The van der Waals surface area contributed by atoms with Crippen molar-refractivity contribution < 1.29 is 0 Å². The van der Waals surface area contributed by atoms with Crippen molar-refractivity contribution in [1.82, 2.24) is 9.97 Å². The minimum absolute atomic E-state index is 0.558. The van der Waals surface area contributed by atoms with E-state index in [0.29, 0.717) is 6.04 Å². The molecule has 1 aliphatic rings. The molecule has 0 spiro atoms. The van der Waals surface area contributed by atoms with Gasteiger partial charge in [-0.2, -0.15) is 4.98 Å². The molecule has 0 saturated heterocycles. The summed E-state index contributed by atoms with van der Waals surface area (Å²) in [5.74, 6) is 2.52. The third-order valence-electron chi connectivity index (χ3n) is 3.85. The van der Waals surface area contributed by atoms with Gasteiger partial charge >= 0.3 is 0 Å². The number of nitrogens with one attached hydrogen (secondary N) is 2. The highest BCUT2D eigenvalue weighted by atomic mass is 15.1. The molecular formula is C16H22N4. The first-order chi connectivity index (χ1) is 9.76. The van der Waals surface area contributed by atoms with E-state index in [1.807, 2.05) is 18.2 Å². The molecule has 20 heavy (non-hydrogen) atoms. The Kier molecular flexibility index (Phi) is 3.72. The average molecular weight is 270 g/mol. The van der Waals surface area contributed by atoms with Gasteiger partial charge in [0.2, 0.25) is 5.95 Å². The summed E-state index contributed by atoms with van der Waals surface area (Å²) in [4.78, 5) is 9.23. The van der Waals surface area contributed by atoms with Crippen LogP contribution in [0.15, 0.2) is 24.3 Å². The average Bonchev–Trinajstić information content (AvgIpc) is 2.43. The zero-order chi connectivity index (χ0) is 13.9. The molecule has 1 fully saturated rings. The van der Waals surface area contributed by atoms with Gasteiger partial charge in [0.1, 0.15) is 5.82 Å². The van der Waals surface area contributed by atoms with Crippen molar-refractivity contribution in [2.75, 3.05) is 17.2 Å². The number of aromatic nitrogens is 2. The third-order valence-corrected chi connectivity index (χ3v) is 3.85. The maximum Gasteiger partial charge on any atom is 0.225 e. The Morgan fingerprint density at radius 1 is 1.20 bits per heavy atom. The summed E-state index contributed by atoms with van der Waals surface area (Å²) in [5.41, 5.74) is 0.996. The van der Waals surface area contributed by atoms with Crippen LogP contribution in [0.5, 0.6) is 0 Å². The zero-order valence-corrected chi connectivity index (χ0v) is 12.2. The summed E-state index contributed by atoms with van der Waals surface area (Å²) in [5, 5.41) is 7.97. The van der Waals surface area contributed by atoms with Gasteiger partial charge in [-0.3, -0.25) is 0 Å². The molecule has 0 aliphatic heterocycles. The molecule has 1 saturated carbocycles. The molecule has 0 radical (unpaired) electrons. The highest BCUT2D eigenvalue weighted by molar-refractivity contribution is 5.90. The van der Waals surface area contributed by atoms with E-state index in [-0.39, 0.29) is 0 Å². The molecule has 0 unspecified atom stereocenters. The van der Waals surface area contributed by atoms with Gasteiger partial charge in [-0.05, 0) is 37.3 Å². The summed E-state index contributed by atoms with van der Waals surface area (Å²) >= 11 is 0. The van der Waals surface area contributed by atoms with Gasteiger partial charge < -0.3 is 10.6 Å². The van der Waals surface area contributed by atoms with Crippen molar-refractivity contribution in [1.29, 1.82) is 0 Å². The Bertz CT molecular complexity index is 590. The maximum absolute atomic E-state index is 4.65. The van der Waals surface area contributed by atoms with Crippen LogP contribution in [0, 0.1) is 5.92 Å². The smallest absolute Gasteiger partial charge is 0.225 e. The summed E-state index contributed by atoms with van der Waals surface area (Å²) in [6.45, 7) is 5.34. The highest BCUT2D eigenvalue weighted by Crippen LogP contribution is 2.31. The number of hydrogen-bond acceptors (Lipinski definition) is 4. The van der Waals surface area contributed by atoms with E-state index in [9.17, 15) is 0 Å². The van der Waals surface area contributed by atoms with Crippen molar-refractivity contribution in [3.8, 4) is 0 Å². The Morgan fingerprint density at radius 2 is 2.00 bits per heavy atom. The van der Waals surface area contributed by atoms with Gasteiger partial charge in [0.15, 0.2) is 0 Å². The van der Waals surface area contributed by atoms with Gasteiger partial charge in [0, 0.05) is 18.0 Å². The lowest BCUT2D eigenvalue weighted by molar-refractivity contribution is 0.309. The molecule has 1 aromatic carbocycles. The fourth-order valence-corrected chi connectivity index (χ4v) is 2.72. The second kappa shape index (κ2) is 5.65. The lowest BCUT2D eigenvalue weighted by Gasteiger charge is -2.34. The Balaban J connectivity index is 1.90. The molecule has 0 atom stereocenters. The van der Waals surface area contributed by atoms with E-state index < -0.39 is 0 Å². The Labute approximate surface area is 120 Å². The first kappa shape index (κ1) is 13.2. The molecule has 4 heteroatoms. The van der Waals surface area contributed by atoms with Crippen LogP contribution in [-0.2, 0) is 0 Å². The Morgan fingerprint density at radius 3 is 2.75 bits per heavy atom. The van der Waals surface area contributed by atoms with Crippen LogP contribution in [0.3, 0.4) is 0 Å². The monoisotopic (exact) mass is 270 g/mol. The van der Waals surface area contributed by atoms with Crippen LogP contribution in [0.25, 0.3) is 10.9 Å². The van der Waals surface area contributed by atoms with Crippen LogP contribution < -0.4 is 10.6 Å². The van der Waals surface area contributed by atoms with Crippen molar-refractivity contribution in [2.24, 2.45) is 5.92 Å². The summed E-state index contributed by atoms with van der Waals surface area (Å²) < 4.78 is 0. The number of benzene rings is 1. The molecule has 2 aromatic rings. The molecule has 106 valence electrons. The van der Waals surface area contributed by atoms with E-state index in [4.69, 9.17) is 0 Å². The van der Waals surface area contributed by atoms with Crippen LogP contribution >= 0.6 is 0 Å². The molecule has 3 rings (SSSR count). The largest absolute Gasteiger partial charge is 0.367 e. The number of rotatable bonds is 5. The van der Waals surface area contributed by atoms with E-state index in [1.165, 1.54) is 12.8 Å². The maximum atomic E-state index is 4.65. The van der Waals surface area contributed by atoms with Crippen molar-refractivity contribution >= 4 is 22.7 Å². The van der Waals surface area contributed by atoms with E-state index in [0.717, 1.165) is 41.6 Å². The van der Waals surface area contributed by atoms with Gasteiger partial charge in [-0.25, -0.2) is 4.98 Å². The second-order valence-corrected chi connectivity index (χ2v) is 5.76. The molecule has 4 nitrogen and oxygen atoms in total. The molecule has 1 aliphatic carbocycles. The fraction of sp³-hybridized carbons (Fsp3) is 0.500. The first-order valence-electron chi connectivity index (χ1n) is 7.53. The van der Waals surface area contributed by atoms with Gasteiger partial charge in [0.05, 0.1) is 5.52 Å². The van der Waals surface area contributed by atoms with E-state index in [2.05, 4.69) is 40.5 Å². The van der Waals surface area contributed by atoms with Crippen LogP contribution in [0.2, 0.25) is 0 Å². The zero-order valence-electron chi connectivity index (χ0n) is 12.2. The lowest BCUT2D eigenvalue weighted by atomic mass is 9.82. The topological polar surface area (TPSA) is 49.8 Å². The van der Waals surface area contributed by atoms with Crippen LogP contribution in [0.1, 0.15) is 33.1 Å². The molecule has 2 N–H and O–H groups in total. The number of hydrogen-bond donors (Lipinski definition) is 2. The molecular weight excluding hydrogens is 248 g/mol. The number of nitrogens with zero attached hydrogens (tertiary/aromatic N) is 2. The number of para-hydroxylation sites is 1. The van der Waals surface area contributed by atoms with Crippen molar-refractivity contribution in [2.45, 2.75) is 39.2 Å². The minimum atomic E-state index is 0.558. The molecule has 0 bridgehead atoms. The normalized spacial score (nSPS) is 21.5. The standard InChI is InChI=1S/C16H22N4/c1-3-8-17-16-19-14-7-5-4-6-13(14)15(20-16)18-12-9-11(2)10-12/h4-7,11-12H,3,8-10H2,1-2H3,(H2,17,18,19,20). The Hall–Kier alpha value is -1.84. The quantitative estimate of drug-likeness (QED) is 0.870. The summed E-state index contributed by atoms with van der Waals surface area (Å²) in [7, 11) is 0. The predicted molar refractivity (Wildman–Crippen MR) is 84.1 cm³/mol. The van der Waals surface area contributed by atoms with Crippen molar-refractivity contribution in [3.05, 3.63) is 24.3 Å². The van der Waals surface area contributed by atoms with E-state index in [1.54, 1.807) is 0 Å². The first-order valence-corrected chi connectivity index (χ1v) is 7.53. The fourth-order valence-electron chi connectivity index (χ4n) is 2.72. The van der Waals surface area contributed by atoms with Crippen molar-refractivity contribution in [3.63, 3.8) is 0 Å². The molecule has 1 aromatic heterocycles. The molecule has 0 amide bonds. The third kappa shape index (κ3) is 2.69. The van der Waals surface area contributed by atoms with Crippen LogP contribution in [-0.4, -0.2) is 22.6 Å². The van der Waals surface area contributed by atoms with Gasteiger partial charge in [0.25, 0.3) is 0 Å². The van der Waals surface area contributed by atoms with Gasteiger partial charge in [-0.15, -0.1) is 0 Å². The molecule has 1 heterocycles. The highest BCUT2D eigenvalue weighted by Gasteiger charge is 2.26.